The van der Waals surface area contributed by atoms with Gasteiger partial charge in [0.1, 0.15) is 5.78 Å². The molecule has 0 aromatic heterocycles. The van der Waals surface area contributed by atoms with Crippen LogP contribution in [0.4, 0.5) is 18.9 Å². The summed E-state index contributed by atoms with van der Waals surface area (Å²) in [6.45, 7) is -1.02. The van der Waals surface area contributed by atoms with Gasteiger partial charge in [-0.3, -0.25) is 19.2 Å². The third-order valence-corrected chi connectivity index (χ3v) is 6.41. The predicted molar refractivity (Wildman–Crippen MR) is 112 cm³/mol. The highest BCUT2D eigenvalue weighted by Gasteiger charge is 2.42. The molecular weight excluding hydrogens is 465 g/mol. The van der Waals surface area contributed by atoms with Crippen molar-refractivity contribution in [2.75, 3.05) is 25.5 Å². The van der Waals surface area contributed by atoms with Gasteiger partial charge in [-0.15, -0.1) is 0 Å². The first-order valence-corrected chi connectivity index (χ1v) is 10.9. The lowest BCUT2D eigenvalue weighted by atomic mass is 9.67. The summed E-state index contributed by atoms with van der Waals surface area (Å²) in [5.41, 5.74) is -1.21. The zero-order chi connectivity index (χ0) is 24.3. The number of halogens is 4. The van der Waals surface area contributed by atoms with Gasteiger partial charge >= 0.3 is 12.1 Å². The number of Topliss-reactive ketones (excluding diaryl/α,β-unsaturated/α-hetero) is 1. The summed E-state index contributed by atoms with van der Waals surface area (Å²) < 4.78 is 44.0. The molecule has 0 saturated heterocycles. The molecule has 2 aliphatic carbocycles. The van der Waals surface area contributed by atoms with Crippen molar-refractivity contribution in [3.63, 3.8) is 0 Å². The minimum absolute atomic E-state index is 0.122. The molecule has 7 nitrogen and oxygen atoms in total. The molecule has 0 aliphatic heterocycles. The Bertz CT molecular complexity index is 936. The second-order valence-electron chi connectivity index (χ2n) is 8.49. The monoisotopic (exact) mass is 488 g/mol. The number of hydrogen-bond acceptors (Lipinski definition) is 5. The second-order valence-corrected chi connectivity index (χ2v) is 8.90. The number of likely N-dealkylation sites (N-methyl/N-ethyl adjacent to an activating group) is 1. The fourth-order valence-corrected chi connectivity index (χ4v) is 4.58. The fraction of sp³-hybridized carbons (Fsp3) is 0.545. The van der Waals surface area contributed by atoms with Gasteiger partial charge in [0.2, 0.25) is 5.91 Å². The molecule has 1 unspecified atom stereocenters. The molecule has 1 aromatic rings. The van der Waals surface area contributed by atoms with Crippen LogP contribution in [0.2, 0.25) is 5.02 Å². The minimum Gasteiger partial charge on any atom is -0.455 e. The van der Waals surface area contributed by atoms with E-state index in [0.717, 1.165) is 30.2 Å². The first-order valence-electron chi connectivity index (χ1n) is 10.6. The number of nitrogens with one attached hydrogen (secondary N) is 1. The molecule has 180 valence electrons. The topological polar surface area (TPSA) is 92.8 Å². The van der Waals surface area contributed by atoms with E-state index in [1.54, 1.807) is 0 Å². The maximum atomic E-state index is 12.9. The Balaban J connectivity index is 1.47. The number of anilines is 1. The van der Waals surface area contributed by atoms with Crippen LogP contribution in [0.3, 0.4) is 0 Å². The lowest BCUT2D eigenvalue weighted by Gasteiger charge is -2.36. The number of ether oxygens (including phenoxy) is 1. The third-order valence-electron chi connectivity index (χ3n) is 6.08. The van der Waals surface area contributed by atoms with Crippen molar-refractivity contribution in [1.29, 1.82) is 0 Å². The largest absolute Gasteiger partial charge is 0.455 e. The zero-order valence-electron chi connectivity index (χ0n) is 17.9. The summed E-state index contributed by atoms with van der Waals surface area (Å²) >= 11 is 5.55. The van der Waals surface area contributed by atoms with Gasteiger partial charge in [-0.25, -0.2) is 0 Å². The van der Waals surface area contributed by atoms with Crippen molar-refractivity contribution in [3.05, 3.63) is 28.8 Å². The van der Waals surface area contributed by atoms with Crippen molar-refractivity contribution in [1.82, 2.24) is 4.90 Å². The Kier molecular flexibility index (Phi) is 7.66. The number of carbonyl (C=O) groups excluding carboxylic acids is 4. The first kappa shape index (κ1) is 25.0. The minimum atomic E-state index is -4.68. The molecule has 2 fully saturated rings. The van der Waals surface area contributed by atoms with E-state index < -0.39 is 53.6 Å². The highest BCUT2D eigenvalue weighted by atomic mass is 35.5. The van der Waals surface area contributed by atoms with Crippen LogP contribution in [0, 0.1) is 17.8 Å². The van der Waals surface area contributed by atoms with E-state index in [0.29, 0.717) is 18.9 Å². The molecule has 3 rings (SSSR count). The van der Waals surface area contributed by atoms with Gasteiger partial charge in [-0.1, -0.05) is 18.0 Å². The summed E-state index contributed by atoms with van der Waals surface area (Å²) in [7, 11) is 1.31. The number of alkyl halides is 3. The third kappa shape index (κ3) is 6.25. The van der Waals surface area contributed by atoms with Crippen LogP contribution in [0.5, 0.6) is 0 Å². The zero-order valence-corrected chi connectivity index (χ0v) is 18.7. The number of fused-ring (bicyclic) bond motifs is 2. The Morgan fingerprint density at radius 2 is 1.82 bits per heavy atom. The van der Waals surface area contributed by atoms with E-state index in [9.17, 15) is 32.3 Å². The van der Waals surface area contributed by atoms with Crippen LogP contribution < -0.4 is 5.32 Å². The Morgan fingerprint density at radius 1 is 1.18 bits per heavy atom. The highest BCUT2D eigenvalue weighted by molar-refractivity contribution is 6.31. The van der Waals surface area contributed by atoms with Crippen molar-refractivity contribution < 1.29 is 37.1 Å². The van der Waals surface area contributed by atoms with Crippen molar-refractivity contribution in [3.8, 4) is 0 Å². The number of rotatable bonds is 6. The number of hydrogen-bond donors (Lipinski definition) is 1. The SMILES string of the molecule is CN(CC(=O)Nc1ccc(Cl)c(C(F)(F)F)c1)C(=O)COC(=O)C1C[C@H]2CCC[C@@H](C1)C2=O. The predicted octanol–water partition coefficient (Wildman–Crippen LogP) is 3.69. The number of ketones is 1. The number of benzene rings is 1. The first-order chi connectivity index (χ1) is 15.5. The standard InChI is InChI=1S/C22H24ClF3N2O5/c1-28(10-18(29)27-15-5-6-17(23)16(9-15)22(24,25)26)19(30)11-33-21(32)14-7-12-3-2-4-13(8-14)20(12)31/h5-6,9,12-14H,2-4,7-8,10-11H2,1H3,(H,27,29)/t12-,13+,14?. The van der Waals surface area contributed by atoms with Crippen LogP contribution in [0.1, 0.15) is 37.7 Å². The average molecular weight is 489 g/mol. The number of amides is 2. The van der Waals surface area contributed by atoms with Crippen molar-refractivity contribution >= 4 is 40.9 Å². The lowest BCUT2D eigenvalue weighted by Crippen LogP contribution is -2.41. The van der Waals surface area contributed by atoms with E-state index >= 15 is 0 Å². The summed E-state index contributed by atoms with van der Waals surface area (Å²) in [6, 6.07) is 2.93. The number of nitrogens with zero attached hydrogens (tertiary/aromatic N) is 1. The molecule has 2 saturated carbocycles. The molecule has 0 radical (unpaired) electrons. The van der Waals surface area contributed by atoms with E-state index in [4.69, 9.17) is 16.3 Å². The highest BCUT2D eigenvalue weighted by Crippen LogP contribution is 2.40. The van der Waals surface area contributed by atoms with Gasteiger partial charge in [0.25, 0.3) is 5.91 Å². The van der Waals surface area contributed by atoms with E-state index in [1.807, 2.05) is 0 Å². The van der Waals surface area contributed by atoms with Crippen LogP contribution in [0.15, 0.2) is 18.2 Å². The molecule has 33 heavy (non-hydrogen) atoms. The Hall–Kier alpha value is -2.62. The summed E-state index contributed by atoms with van der Waals surface area (Å²) in [4.78, 5) is 49.9. The molecule has 2 aliphatic rings. The molecule has 1 N–H and O–H groups in total. The second kappa shape index (κ2) is 10.1. The van der Waals surface area contributed by atoms with E-state index in [-0.39, 0.29) is 23.3 Å². The molecule has 0 spiro atoms. The van der Waals surface area contributed by atoms with E-state index in [1.165, 1.54) is 13.1 Å². The quantitative estimate of drug-likeness (QED) is 0.616. The van der Waals surface area contributed by atoms with Gasteiger partial charge in [0.15, 0.2) is 6.61 Å². The summed E-state index contributed by atoms with van der Waals surface area (Å²) in [5, 5.41) is 1.78. The van der Waals surface area contributed by atoms with Crippen LogP contribution in [-0.4, -0.2) is 48.7 Å². The molecule has 3 atom stereocenters. The molecule has 11 heteroatoms. The van der Waals surface area contributed by atoms with Gasteiger partial charge < -0.3 is 15.0 Å². The molecular formula is C22H24ClF3N2O5. The fourth-order valence-electron chi connectivity index (χ4n) is 4.36. The summed E-state index contributed by atoms with van der Waals surface area (Å²) in [6.07, 6.45) is -1.30. The van der Waals surface area contributed by atoms with Gasteiger partial charge in [0.05, 0.1) is 23.0 Å². The molecule has 0 heterocycles. The molecule has 2 amide bonds. The average Bonchev–Trinajstić information content (AvgIpc) is 2.72. The normalized spacial score (nSPS) is 22.5. The van der Waals surface area contributed by atoms with Gasteiger partial charge in [-0.2, -0.15) is 13.2 Å². The molecule has 1 aromatic carbocycles. The number of esters is 1. The summed E-state index contributed by atoms with van der Waals surface area (Å²) in [5.74, 6) is -2.36. The van der Waals surface area contributed by atoms with Gasteiger partial charge in [-0.05, 0) is 43.9 Å². The Morgan fingerprint density at radius 3 is 2.42 bits per heavy atom. The molecule has 2 bridgehead atoms. The van der Waals surface area contributed by atoms with Gasteiger partial charge in [0, 0.05) is 24.6 Å². The van der Waals surface area contributed by atoms with Crippen LogP contribution >= 0.6 is 11.6 Å². The van der Waals surface area contributed by atoms with Crippen LogP contribution in [0.25, 0.3) is 0 Å². The maximum Gasteiger partial charge on any atom is 0.417 e. The maximum absolute atomic E-state index is 12.9. The lowest BCUT2D eigenvalue weighted by molar-refractivity contribution is -0.158. The Labute approximate surface area is 193 Å². The number of carbonyl (C=O) groups is 4. The van der Waals surface area contributed by atoms with Crippen molar-refractivity contribution in [2.24, 2.45) is 17.8 Å². The van der Waals surface area contributed by atoms with E-state index in [2.05, 4.69) is 5.32 Å². The smallest absolute Gasteiger partial charge is 0.417 e. The van der Waals surface area contributed by atoms with Crippen molar-refractivity contribution in [2.45, 2.75) is 38.3 Å². The van der Waals surface area contributed by atoms with Crippen LogP contribution in [-0.2, 0) is 30.1 Å².